The van der Waals surface area contributed by atoms with Gasteiger partial charge in [-0.1, -0.05) is 23.7 Å². The van der Waals surface area contributed by atoms with Crippen molar-refractivity contribution in [3.05, 3.63) is 52.8 Å². The third-order valence-corrected chi connectivity index (χ3v) is 3.31. The van der Waals surface area contributed by atoms with E-state index >= 15 is 0 Å². The van der Waals surface area contributed by atoms with Crippen molar-refractivity contribution < 1.29 is 4.79 Å². The molecule has 0 aliphatic rings. The van der Waals surface area contributed by atoms with Crippen LogP contribution >= 0.6 is 11.6 Å². The van der Waals surface area contributed by atoms with Crippen molar-refractivity contribution in [3.63, 3.8) is 0 Å². The topological polar surface area (TPSA) is 38.1 Å². The molecule has 2 aromatic rings. The van der Waals surface area contributed by atoms with Crippen LogP contribution in [0.1, 0.15) is 22.3 Å². The minimum atomic E-state index is 0.116. The van der Waals surface area contributed by atoms with Gasteiger partial charge in [-0.2, -0.15) is 5.10 Å². The van der Waals surface area contributed by atoms with Gasteiger partial charge in [-0.3, -0.25) is 9.48 Å². The third kappa shape index (κ3) is 4.18. The van der Waals surface area contributed by atoms with Crippen LogP contribution in [0.4, 0.5) is 0 Å². The molecule has 0 spiro atoms. The molecule has 5 heteroatoms. The number of halogens is 1. The Morgan fingerprint density at radius 2 is 2.25 bits per heavy atom. The molecule has 0 bridgehead atoms. The highest BCUT2D eigenvalue weighted by atomic mass is 35.5. The standard InChI is InChI=1S/C15H18ClN3O/c1-18(10-12-9-17-19(2)11-12)7-6-15(20)13-4-3-5-14(16)8-13/h3-5,8-9,11H,6-7,10H2,1-2H3. The van der Waals surface area contributed by atoms with Crippen molar-refractivity contribution in [3.8, 4) is 0 Å². The van der Waals surface area contributed by atoms with Gasteiger partial charge in [0.25, 0.3) is 0 Å². The maximum Gasteiger partial charge on any atom is 0.164 e. The second-order valence-electron chi connectivity index (χ2n) is 4.94. The molecule has 0 N–H and O–H groups in total. The monoisotopic (exact) mass is 291 g/mol. The van der Waals surface area contributed by atoms with Crippen LogP contribution in [-0.4, -0.2) is 34.1 Å². The Kier molecular flexibility index (Phi) is 4.93. The van der Waals surface area contributed by atoms with Crippen molar-refractivity contribution in [2.75, 3.05) is 13.6 Å². The lowest BCUT2D eigenvalue weighted by Crippen LogP contribution is -2.21. The summed E-state index contributed by atoms with van der Waals surface area (Å²) in [6.45, 7) is 1.50. The van der Waals surface area contributed by atoms with Gasteiger partial charge in [-0.15, -0.1) is 0 Å². The van der Waals surface area contributed by atoms with Crippen LogP contribution in [0.2, 0.25) is 5.02 Å². The van der Waals surface area contributed by atoms with Gasteiger partial charge in [0.1, 0.15) is 0 Å². The molecular weight excluding hydrogens is 274 g/mol. The molecule has 1 aromatic carbocycles. The van der Waals surface area contributed by atoms with Crippen LogP contribution in [0.5, 0.6) is 0 Å². The fourth-order valence-electron chi connectivity index (χ4n) is 2.04. The van der Waals surface area contributed by atoms with E-state index in [0.717, 1.165) is 12.1 Å². The largest absolute Gasteiger partial charge is 0.302 e. The fourth-order valence-corrected chi connectivity index (χ4v) is 2.23. The molecule has 20 heavy (non-hydrogen) atoms. The van der Waals surface area contributed by atoms with Gasteiger partial charge in [-0.25, -0.2) is 0 Å². The van der Waals surface area contributed by atoms with Gasteiger partial charge >= 0.3 is 0 Å². The highest BCUT2D eigenvalue weighted by molar-refractivity contribution is 6.31. The molecule has 0 radical (unpaired) electrons. The summed E-state index contributed by atoms with van der Waals surface area (Å²) in [5.74, 6) is 0.116. The molecule has 0 saturated carbocycles. The molecule has 0 saturated heterocycles. The first-order valence-corrected chi connectivity index (χ1v) is 6.87. The molecule has 0 atom stereocenters. The van der Waals surface area contributed by atoms with E-state index in [-0.39, 0.29) is 5.78 Å². The zero-order valence-corrected chi connectivity index (χ0v) is 12.5. The molecule has 0 fully saturated rings. The van der Waals surface area contributed by atoms with Crippen LogP contribution in [0.15, 0.2) is 36.7 Å². The predicted molar refractivity (Wildman–Crippen MR) is 79.9 cm³/mol. The summed E-state index contributed by atoms with van der Waals surface area (Å²) in [4.78, 5) is 14.2. The average molecular weight is 292 g/mol. The van der Waals surface area contributed by atoms with E-state index in [0.29, 0.717) is 23.6 Å². The van der Waals surface area contributed by atoms with Crippen molar-refractivity contribution >= 4 is 17.4 Å². The maximum absolute atomic E-state index is 12.1. The van der Waals surface area contributed by atoms with Crippen LogP contribution in [0, 0.1) is 0 Å². The summed E-state index contributed by atoms with van der Waals surface area (Å²) >= 11 is 5.89. The lowest BCUT2D eigenvalue weighted by molar-refractivity contribution is 0.0968. The highest BCUT2D eigenvalue weighted by Gasteiger charge is 2.09. The van der Waals surface area contributed by atoms with E-state index < -0.39 is 0 Å². The summed E-state index contributed by atoms with van der Waals surface area (Å²) in [6, 6.07) is 7.09. The van der Waals surface area contributed by atoms with Crippen molar-refractivity contribution in [2.45, 2.75) is 13.0 Å². The Balaban J connectivity index is 1.84. The number of carbonyl (C=O) groups is 1. The van der Waals surface area contributed by atoms with E-state index in [4.69, 9.17) is 11.6 Å². The van der Waals surface area contributed by atoms with E-state index in [9.17, 15) is 4.79 Å². The molecule has 2 rings (SSSR count). The van der Waals surface area contributed by atoms with Crippen LogP contribution in [-0.2, 0) is 13.6 Å². The van der Waals surface area contributed by atoms with Gasteiger partial charge < -0.3 is 4.90 Å². The average Bonchev–Trinajstić information content (AvgIpc) is 2.81. The summed E-state index contributed by atoms with van der Waals surface area (Å²) in [5, 5.41) is 4.73. The Hall–Kier alpha value is -1.65. The van der Waals surface area contributed by atoms with Crippen LogP contribution in [0.25, 0.3) is 0 Å². The number of aryl methyl sites for hydroxylation is 1. The number of benzene rings is 1. The number of Topliss-reactive ketones (excluding diaryl/α,β-unsaturated/α-hetero) is 1. The Bertz CT molecular complexity index is 594. The lowest BCUT2D eigenvalue weighted by atomic mass is 10.1. The normalized spacial score (nSPS) is 11.0. The van der Waals surface area contributed by atoms with Crippen molar-refractivity contribution in [1.82, 2.24) is 14.7 Å². The molecule has 0 aliphatic carbocycles. The number of ketones is 1. The van der Waals surface area contributed by atoms with E-state index in [2.05, 4.69) is 10.00 Å². The van der Waals surface area contributed by atoms with Crippen LogP contribution in [0.3, 0.4) is 0 Å². The summed E-state index contributed by atoms with van der Waals surface area (Å²) < 4.78 is 1.78. The van der Waals surface area contributed by atoms with Gasteiger partial charge in [0, 0.05) is 48.9 Å². The van der Waals surface area contributed by atoms with Crippen LogP contribution < -0.4 is 0 Å². The van der Waals surface area contributed by atoms with E-state index in [1.54, 1.807) is 28.9 Å². The predicted octanol–water partition coefficient (Wildman–Crippen LogP) is 2.78. The number of hydrogen-bond acceptors (Lipinski definition) is 3. The first kappa shape index (κ1) is 14.8. The van der Waals surface area contributed by atoms with Crippen molar-refractivity contribution in [1.29, 1.82) is 0 Å². The van der Waals surface area contributed by atoms with E-state index in [1.165, 1.54) is 0 Å². The summed E-state index contributed by atoms with van der Waals surface area (Å²) in [6.07, 6.45) is 4.31. The Morgan fingerprint density at radius 1 is 1.45 bits per heavy atom. The SMILES string of the molecule is CN(CCC(=O)c1cccc(Cl)c1)Cc1cnn(C)c1. The number of carbonyl (C=O) groups excluding carboxylic acids is 1. The minimum absolute atomic E-state index is 0.116. The molecule has 106 valence electrons. The molecule has 4 nitrogen and oxygen atoms in total. The zero-order chi connectivity index (χ0) is 14.5. The number of nitrogens with zero attached hydrogens (tertiary/aromatic N) is 3. The summed E-state index contributed by atoms with van der Waals surface area (Å²) in [7, 11) is 3.89. The van der Waals surface area contributed by atoms with Crippen molar-refractivity contribution in [2.24, 2.45) is 7.05 Å². The first-order valence-electron chi connectivity index (χ1n) is 6.49. The van der Waals surface area contributed by atoms with E-state index in [1.807, 2.05) is 26.5 Å². The number of aromatic nitrogens is 2. The number of hydrogen-bond donors (Lipinski definition) is 0. The first-order chi connectivity index (χ1) is 9.54. The molecule has 0 unspecified atom stereocenters. The van der Waals surface area contributed by atoms with Gasteiger partial charge in [0.05, 0.1) is 6.20 Å². The van der Waals surface area contributed by atoms with Gasteiger partial charge in [0.15, 0.2) is 5.78 Å². The molecule has 1 aromatic heterocycles. The third-order valence-electron chi connectivity index (χ3n) is 3.08. The quantitative estimate of drug-likeness (QED) is 0.768. The fraction of sp³-hybridized carbons (Fsp3) is 0.333. The second-order valence-corrected chi connectivity index (χ2v) is 5.38. The Morgan fingerprint density at radius 3 is 2.90 bits per heavy atom. The molecular formula is C15H18ClN3O. The van der Waals surface area contributed by atoms with Gasteiger partial charge in [-0.05, 0) is 19.2 Å². The second kappa shape index (κ2) is 6.68. The highest BCUT2D eigenvalue weighted by Crippen LogP contribution is 2.12. The maximum atomic E-state index is 12.1. The number of rotatable bonds is 6. The molecule has 0 aliphatic heterocycles. The Labute approximate surface area is 124 Å². The molecule has 1 heterocycles. The summed E-state index contributed by atoms with van der Waals surface area (Å²) in [5.41, 5.74) is 1.82. The lowest BCUT2D eigenvalue weighted by Gasteiger charge is -2.14. The molecule has 0 amide bonds. The van der Waals surface area contributed by atoms with Gasteiger partial charge in [0.2, 0.25) is 0 Å². The zero-order valence-electron chi connectivity index (χ0n) is 11.7. The smallest absolute Gasteiger partial charge is 0.164 e. The minimum Gasteiger partial charge on any atom is -0.302 e.